The lowest BCUT2D eigenvalue weighted by Crippen LogP contribution is -2.31. The molecule has 3 heteroatoms. The smallest absolute Gasteiger partial charge is 0.128 e. The Kier molecular flexibility index (Phi) is 5.59. The van der Waals surface area contributed by atoms with Gasteiger partial charge in [-0.1, -0.05) is 19.1 Å². The van der Waals surface area contributed by atoms with Gasteiger partial charge in [-0.3, -0.25) is 4.90 Å². The minimum atomic E-state index is -0.144. The normalized spacial score (nSPS) is 11.5. The Morgan fingerprint density at radius 1 is 1.35 bits per heavy atom. The van der Waals surface area contributed by atoms with Crippen molar-refractivity contribution in [2.45, 2.75) is 46.3 Å². The number of nitrogens with zero attached hydrogens (tertiary/aromatic N) is 1. The van der Waals surface area contributed by atoms with Crippen molar-refractivity contribution in [3.05, 3.63) is 35.1 Å². The van der Waals surface area contributed by atoms with Gasteiger partial charge in [-0.25, -0.2) is 4.39 Å². The molecule has 0 atom stereocenters. The number of benzene rings is 1. The fraction of sp³-hybridized carbons (Fsp3) is 0.571. The van der Waals surface area contributed by atoms with Gasteiger partial charge in [-0.2, -0.15) is 0 Å². The Bertz CT molecular complexity index is 350. The Hall–Kier alpha value is -0.930. The Morgan fingerprint density at radius 2 is 2.06 bits per heavy atom. The lowest BCUT2D eigenvalue weighted by Gasteiger charge is -2.26. The average Bonchev–Trinajstić information content (AvgIpc) is 2.30. The van der Waals surface area contributed by atoms with Gasteiger partial charge >= 0.3 is 0 Å². The lowest BCUT2D eigenvalue weighted by molar-refractivity contribution is 0.210. The third kappa shape index (κ3) is 4.10. The predicted octanol–water partition coefficient (Wildman–Crippen LogP) is 2.90. The molecule has 1 rings (SSSR count). The molecular formula is C14H23FN2. The molecule has 1 aromatic rings. The van der Waals surface area contributed by atoms with E-state index in [1.807, 2.05) is 12.1 Å². The third-order valence-corrected chi connectivity index (χ3v) is 2.97. The van der Waals surface area contributed by atoms with E-state index in [2.05, 4.69) is 25.7 Å². The van der Waals surface area contributed by atoms with Crippen LogP contribution in [-0.2, 0) is 13.1 Å². The fourth-order valence-electron chi connectivity index (χ4n) is 1.87. The van der Waals surface area contributed by atoms with Crippen LogP contribution in [0, 0.1) is 5.82 Å². The van der Waals surface area contributed by atoms with Crippen LogP contribution in [-0.4, -0.2) is 17.5 Å². The average molecular weight is 238 g/mol. The number of nitrogens with two attached hydrogens (primary N) is 1. The van der Waals surface area contributed by atoms with Gasteiger partial charge in [0.2, 0.25) is 0 Å². The summed E-state index contributed by atoms with van der Waals surface area (Å²) in [7, 11) is 0. The van der Waals surface area contributed by atoms with E-state index in [4.69, 9.17) is 5.73 Å². The molecule has 0 bridgehead atoms. The second-order valence-electron chi connectivity index (χ2n) is 4.69. The number of hydrogen-bond acceptors (Lipinski definition) is 2. The maximum Gasteiger partial charge on any atom is 0.128 e. The number of hydrogen-bond donors (Lipinski definition) is 1. The standard InChI is InChI=1S/C14H23FN2/c1-4-7-17(11(2)3)10-13-6-5-12(9-16)8-14(13)15/h5-6,8,11H,4,7,9-10,16H2,1-3H3. The van der Waals surface area contributed by atoms with Crippen molar-refractivity contribution in [3.8, 4) is 0 Å². The van der Waals surface area contributed by atoms with Crippen molar-refractivity contribution >= 4 is 0 Å². The highest BCUT2D eigenvalue weighted by atomic mass is 19.1. The topological polar surface area (TPSA) is 29.3 Å². The molecule has 1 aromatic carbocycles. The molecule has 0 aliphatic rings. The minimum Gasteiger partial charge on any atom is -0.326 e. The van der Waals surface area contributed by atoms with Gasteiger partial charge in [0, 0.05) is 24.7 Å². The zero-order valence-electron chi connectivity index (χ0n) is 11.0. The molecule has 0 aromatic heterocycles. The SMILES string of the molecule is CCCN(Cc1ccc(CN)cc1F)C(C)C. The first-order valence-corrected chi connectivity index (χ1v) is 6.29. The summed E-state index contributed by atoms with van der Waals surface area (Å²) in [6, 6.07) is 5.73. The van der Waals surface area contributed by atoms with Crippen LogP contribution in [0.25, 0.3) is 0 Å². The van der Waals surface area contributed by atoms with Crippen molar-refractivity contribution < 1.29 is 4.39 Å². The maximum atomic E-state index is 13.8. The van der Waals surface area contributed by atoms with E-state index in [1.165, 1.54) is 0 Å². The zero-order chi connectivity index (χ0) is 12.8. The van der Waals surface area contributed by atoms with Crippen molar-refractivity contribution in [1.82, 2.24) is 4.90 Å². The second kappa shape index (κ2) is 6.72. The molecule has 0 fully saturated rings. The summed E-state index contributed by atoms with van der Waals surface area (Å²) in [5, 5.41) is 0. The molecule has 0 aliphatic heterocycles. The maximum absolute atomic E-state index is 13.8. The highest BCUT2D eigenvalue weighted by molar-refractivity contribution is 5.24. The minimum absolute atomic E-state index is 0.144. The Morgan fingerprint density at radius 3 is 2.53 bits per heavy atom. The van der Waals surface area contributed by atoms with Crippen molar-refractivity contribution in [1.29, 1.82) is 0 Å². The van der Waals surface area contributed by atoms with E-state index >= 15 is 0 Å². The van der Waals surface area contributed by atoms with Crippen LogP contribution in [0.4, 0.5) is 4.39 Å². The molecule has 0 spiro atoms. The highest BCUT2D eigenvalue weighted by Gasteiger charge is 2.11. The first-order valence-electron chi connectivity index (χ1n) is 6.29. The van der Waals surface area contributed by atoms with Crippen molar-refractivity contribution in [3.63, 3.8) is 0 Å². The van der Waals surface area contributed by atoms with Crippen LogP contribution in [0.1, 0.15) is 38.3 Å². The van der Waals surface area contributed by atoms with E-state index in [0.717, 1.165) is 24.1 Å². The van der Waals surface area contributed by atoms with Crippen LogP contribution < -0.4 is 5.73 Å². The van der Waals surface area contributed by atoms with Crippen molar-refractivity contribution in [2.24, 2.45) is 5.73 Å². The monoisotopic (exact) mass is 238 g/mol. The van der Waals surface area contributed by atoms with Crippen LogP contribution in [0.5, 0.6) is 0 Å². The largest absolute Gasteiger partial charge is 0.326 e. The first kappa shape index (κ1) is 14.1. The summed E-state index contributed by atoms with van der Waals surface area (Å²) >= 11 is 0. The molecule has 2 N–H and O–H groups in total. The van der Waals surface area contributed by atoms with E-state index in [-0.39, 0.29) is 5.82 Å². The molecule has 96 valence electrons. The van der Waals surface area contributed by atoms with Gasteiger partial charge in [-0.15, -0.1) is 0 Å². The Labute approximate surface area is 104 Å². The molecule has 0 unspecified atom stereocenters. The van der Waals surface area contributed by atoms with Crippen LogP contribution in [0.2, 0.25) is 0 Å². The molecule has 0 saturated heterocycles. The van der Waals surface area contributed by atoms with Gasteiger partial charge in [0.25, 0.3) is 0 Å². The molecule has 0 radical (unpaired) electrons. The van der Waals surface area contributed by atoms with Gasteiger partial charge in [0.15, 0.2) is 0 Å². The molecule has 0 aliphatic carbocycles. The van der Waals surface area contributed by atoms with E-state index < -0.39 is 0 Å². The summed E-state index contributed by atoms with van der Waals surface area (Å²) < 4.78 is 13.8. The molecule has 0 heterocycles. The molecule has 0 saturated carbocycles. The van der Waals surface area contributed by atoms with Crippen LogP contribution in [0.3, 0.4) is 0 Å². The molecule has 17 heavy (non-hydrogen) atoms. The quantitative estimate of drug-likeness (QED) is 0.825. The number of halogens is 1. The first-order chi connectivity index (χ1) is 8.08. The summed E-state index contributed by atoms with van der Waals surface area (Å²) in [5.74, 6) is -0.144. The second-order valence-corrected chi connectivity index (χ2v) is 4.69. The van der Waals surface area contributed by atoms with Crippen LogP contribution in [0.15, 0.2) is 18.2 Å². The van der Waals surface area contributed by atoms with Gasteiger partial charge in [-0.05, 0) is 38.4 Å². The summed E-state index contributed by atoms with van der Waals surface area (Å²) in [6.07, 6.45) is 1.08. The van der Waals surface area contributed by atoms with Gasteiger partial charge < -0.3 is 5.73 Å². The molecular weight excluding hydrogens is 215 g/mol. The predicted molar refractivity (Wildman–Crippen MR) is 70.1 cm³/mol. The molecule has 2 nitrogen and oxygen atoms in total. The van der Waals surface area contributed by atoms with E-state index in [1.54, 1.807) is 6.07 Å². The fourth-order valence-corrected chi connectivity index (χ4v) is 1.87. The van der Waals surface area contributed by atoms with E-state index in [0.29, 0.717) is 19.1 Å². The summed E-state index contributed by atoms with van der Waals surface area (Å²) in [6.45, 7) is 8.48. The Balaban J connectivity index is 2.78. The van der Waals surface area contributed by atoms with E-state index in [9.17, 15) is 4.39 Å². The van der Waals surface area contributed by atoms with Crippen LogP contribution >= 0.6 is 0 Å². The van der Waals surface area contributed by atoms with Gasteiger partial charge in [0.05, 0.1) is 0 Å². The lowest BCUT2D eigenvalue weighted by atomic mass is 10.1. The van der Waals surface area contributed by atoms with Crippen molar-refractivity contribution in [2.75, 3.05) is 6.54 Å². The number of rotatable bonds is 6. The molecule has 0 amide bonds. The summed E-state index contributed by atoms with van der Waals surface area (Å²) in [4.78, 5) is 2.28. The summed E-state index contributed by atoms with van der Waals surface area (Å²) in [5.41, 5.74) is 7.09. The van der Waals surface area contributed by atoms with Gasteiger partial charge in [0.1, 0.15) is 5.82 Å². The third-order valence-electron chi connectivity index (χ3n) is 2.97. The zero-order valence-corrected chi connectivity index (χ0v) is 11.0. The highest BCUT2D eigenvalue weighted by Crippen LogP contribution is 2.14.